The van der Waals surface area contributed by atoms with Crippen LogP contribution in [0.2, 0.25) is 0 Å². The van der Waals surface area contributed by atoms with Gasteiger partial charge in [0.25, 0.3) is 11.4 Å². The predicted octanol–water partition coefficient (Wildman–Crippen LogP) is 2.26. The molecule has 3 aromatic carbocycles. The molecule has 0 spiro atoms. The molecule has 2 heterocycles. The van der Waals surface area contributed by atoms with E-state index in [0.29, 0.717) is 28.2 Å². The summed E-state index contributed by atoms with van der Waals surface area (Å²) in [5.74, 6) is -2.81. The maximum absolute atomic E-state index is 17.5. The molecular formula is C30H28FIN2O8. The minimum Gasteiger partial charge on any atom is -0.497 e. The van der Waals surface area contributed by atoms with Crippen molar-refractivity contribution in [1.82, 2.24) is 9.55 Å². The number of halogens is 2. The van der Waals surface area contributed by atoms with E-state index in [1.165, 1.54) is 14.2 Å². The van der Waals surface area contributed by atoms with Gasteiger partial charge in [0.1, 0.15) is 23.7 Å². The van der Waals surface area contributed by atoms with E-state index in [-0.39, 0.29) is 3.57 Å². The number of aromatic nitrogens is 2. The molecule has 4 atom stereocenters. The molecule has 1 fully saturated rings. The van der Waals surface area contributed by atoms with Gasteiger partial charge >= 0.3 is 5.69 Å². The van der Waals surface area contributed by atoms with E-state index in [4.69, 9.17) is 14.2 Å². The van der Waals surface area contributed by atoms with Gasteiger partial charge < -0.3 is 29.5 Å². The molecule has 4 aromatic rings. The van der Waals surface area contributed by atoms with Crippen molar-refractivity contribution in [1.29, 1.82) is 0 Å². The minimum absolute atomic E-state index is 0.0284. The first-order valence-electron chi connectivity index (χ1n) is 12.8. The van der Waals surface area contributed by atoms with Crippen LogP contribution < -0.4 is 20.7 Å². The Kier molecular flexibility index (Phi) is 8.02. The largest absolute Gasteiger partial charge is 0.497 e. The second-order valence-corrected chi connectivity index (χ2v) is 10.9. The summed E-state index contributed by atoms with van der Waals surface area (Å²) in [6.07, 6.45) is -2.95. The molecule has 0 aliphatic carbocycles. The van der Waals surface area contributed by atoms with Crippen molar-refractivity contribution in [3.63, 3.8) is 0 Å². The van der Waals surface area contributed by atoms with Crippen molar-refractivity contribution >= 4 is 22.6 Å². The highest BCUT2D eigenvalue weighted by Gasteiger charge is 2.77. The quantitative estimate of drug-likeness (QED) is 0.163. The summed E-state index contributed by atoms with van der Waals surface area (Å²) < 4.78 is 35.2. The Morgan fingerprint density at radius 3 is 1.90 bits per heavy atom. The smallest absolute Gasteiger partial charge is 0.330 e. The van der Waals surface area contributed by atoms with Gasteiger partial charge in [-0.3, -0.25) is 14.3 Å². The molecule has 42 heavy (non-hydrogen) atoms. The van der Waals surface area contributed by atoms with Gasteiger partial charge in [-0.15, -0.1) is 0 Å². The summed E-state index contributed by atoms with van der Waals surface area (Å²) in [6, 6.07) is 21.4. The van der Waals surface area contributed by atoms with Crippen LogP contribution in [0.1, 0.15) is 16.7 Å². The molecule has 10 nitrogen and oxygen atoms in total. The lowest BCUT2D eigenvalue weighted by atomic mass is 9.60. The maximum Gasteiger partial charge on any atom is 0.330 e. The lowest BCUT2D eigenvalue weighted by Crippen LogP contribution is -2.69. The Bertz CT molecular complexity index is 1630. The Hall–Kier alpha value is -3.56. The van der Waals surface area contributed by atoms with Crippen molar-refractivity contribution in [2.24, 2.45) is 0 Å². The second kappa shape index (κ2) is 11.3. The number of aliphatic hydroxyl groups is 3. The zero-order valence-corrected chi connectivity index (χ0v) is 24.7. The van der Waals surface area contributed by atoms with Gasteiger partial charge in [-0.05, 0) is 63.5 Å². The summed E-state index contributed by atoms with van der Waals surface area (Å²) in [5.41, 5.74) is -5.74. The average Bonchev–Trinajstić information content (AvgIpc) is 3.21. The molecule has 0 unspecified atom stereocenters. The maximum atomic E-state index is 17.5. The first-order chi connectivity index (χ1) is 20.1. The van der Waals surface area contributed by atoms with Gasteiger partial charge in [0.15, 0.2) is 0 Å². The van der Waals surface area contributed by atoms with Crippen LogP contribution in [-0.4, -0.2) is 63.8 Å². The summed E-state index contributed by atoms with van der Waals surface area (Å²) in [6.45, 7) is -0.902. The summed E-state index contributed by atoms with van der Waals surface area (Å²) >= 11 is 1.67. The van der Waals surface area contributed by atoms with Gasteiger partial charge in [0, 0.05) is 6.20 Å². The zero-order chi connectivity index (χ0) is 30.3. The van der Waals surface area contributed by atoms with Crippen LogP contribution in [-0.2, 0) is 15.9 Å². The van der Waals surface area contributed by atoms with Crippen LogP contribution in [0.5, 0.6) is 11.5 Å². The zero-order valence-electron chi connectivity index (χ0n) is 22.5. The van der Waals surface area contributed by atoms with E-state index in [1.54, 1.807) is 101 Å². The van der Waals surface area contributed by atoms with E-state index in [1.807, 2.05) is 0 Å². The molecule has 220 valence electrons. The van der Waals surface area contributed by atoms with Crippen molar-refractivity contribution in [3.05, 3.63) is 126 Å². The van der Waals surface area contributed by atoms with Crippen LogP contribution in [0.3, 0.4) is 0 Å². The predicted molar refractivity (Wildman–Crippen MR) is 158 cm³/mol. The molecule has 1 aliphatic rings. The van der Waals surface area contributed by atoms with Gasteiger partial charge in [0.05, 0.1) is 29.8 Å². The summed E-state index contributed by atoms with van der Waals surface area (Å²) in [5, 5.41) is 33.2. The van der Waals surface area contributed by atoms with Gasteiger partial charge in [-0.1, -0.05) is 54.6 Å². The van der Waals surface area contributed by atoms with Crippen molar-refractivity contribution < 1.29 is 33.9 Å². The molecule has 1 aromatic heterocycles. The van der Waals surface area contributed by atoms with Crippen molar-refractivity contribution in [3.8, 4) is 11.5 Å². The van der Waals surface area contributed by atoms with Gasteiger partial charge in [-0.2, -0.15) is 0 Å². The van der Waals surface area contributed by atoms with E-state index in [2.05, 4.69) is 4.98 Å². The SMILES string of the molecule is COc1ccc(C(c2ccccc2)(c2ccc(OC)cc2)[C@@]2(n3cc(I)c(=O)[nH]c3=O)O[C@H](CO)[C@@H](O)[C@@]2(O)F)cc1. The third-order valence-electron chi connectivity index (χ3n) is 7.72. The van der Waals surface area contributed by atoms with Crippen molar-refractivity contribution in [2.75, 3.05) is 20.8 Å². The number of aliphatic hydroxyl groups excluding tert-OH is 2. The Morgan fingerprint density at radius 1 is 0.952 bits per heavy atom. The lowest BCUT2D eigenvalue weighted by molar-refractivity contribution is -0.281. The topological polar surface area (TPSA) is 143 Å². The fourth-order valence-corrected chi connectivity index (χ4v) is 6.26. The monoisotopic (exact) mass is 690 g/mol. The van der Waals surface area contributed by atoms with Crippen LogP contribution in [0.4, 0.5) is 4.39 Å². The second-order valence-electron chi connectivity index (χ2n) is 9.78. The minimum atomic E-state index is -3.75. The van der Waals surface area contributed by atoms with Crippen LogP contribution in [0, 0.1) is 3.57 Å². The normalized spacial score (nSPS) is 24.0. The number of ether oxygens (including phenoxy) is 3. The molecule has 0 bridgehead atoms. The van der Waals surface area contributed by atoms with Gasteiger partial charge in [0.2, 0.25) is 5.72 Å². The van der Waals surface area contributed by atoms with E-state index < -0.39 is 47.1 Å². The van der Waals surface area contributed by atoms with Crippen molar-refractivity contribution in [2.45, 2.75) is 29.2 Å². The number of H-pyrrole nitrogens is 1. The van der Waals surface area contributed by atoms with Crippen LogP contribution in [0.25, 0.3) is 0 Å². The Morgan fingerprint density at radius 2 is 1.45 bits per heavy atom. The molecule has 0 saturated carbocycles. The third kappa shape index (κ3) is 4.28. The number of nitrogens with one attached hydrogen (secondary N) is 1. The number of rotatable bonds is 8. The van der Waals surface area contributed by atoms with E-state index in [0.717, 1.165) is 10.8 Å². The summed E-state index contributed by atoms with van der Waals surface area (Å²) in [4.78, 5) is 28.3. The molecular weight excluding hydrogens is 662 g/mol. The van der Waals surface area contributed by atoms with Gasteiger partial charge in [-0.25, -0.2) is 9.18 Å². The molecule has 12 heteroatoms. The Labute approximate surface area is 253 Å². The first-order valence-corrected chi connectivity index (χ1v) is 13.9. The van der Waals surface area contributed by atoms with Crippen LogP contribution >= 0.6 is 22.6 Å². The summed E-state index contributed by atoms with van der Waals surface area (Å²) in [7, 11) is 2.96. The molecule has 0 amide bonds. The number of hydrogen-bond donors (Lipinski definition) is 4. The fourth-order valence-electron chi connectivity index (χ4n) is 5.85. The van der Waals surface area contributed by atoms with E-state index in [9.17, 15) is 24.9 Å². The standard InChI is InChI=1S/C30H28FIN2O8/c1-40-21-12-8-19(9-13-21)28(18-6-4-3-5-7-18,20-10-14-22(41-2)15-11-20)30(29(31,39)25(36)24(17-35)42-30)34-16-23(32)26(37)33-27(34)38/h3-16,24-25,35-36,39H,17H2,1-2H3,(H,33,37,38)/t24-,25-,29+,30-/m1/s1. The number of aromatic amines is 1. The number of hydrogen-bond acceptors (Lipinski definition) is 8. The number of benzene rings is 3. The molecule has 4 N–H and O–H groups in total. The average molecular weight is 690 g/mol. The number of nitrogens with zero attached hydrogens (tertiary/aromatic N) is 1. The third-order valence-corrected chi connectivity index (χ3v) is 8.49. The Balaban J connectivity index is 2.08. The molecule has 5 rings (SSSR count). The highest BCUT2D eigenvalue weighted by molar-refractivity contribution is 14.1. The number of methoxy groups -OCH3 is 2. The number of alkyl halides is 1. The fraction of sp³-hybridized carbons (Fsp3) is 0.267. The highest BCUT2D eigenvalue weighted by Crippen LogP contribution is 2.61. The highest BCUT2D eigenvalue weighted by atomic mass is 127. The lowest BCUT2D eigenvalue weighted by Gasteiger charge is -2.52. The molecule has 1 aliphatic heterocycles. The molecule has 0 radical (unpaired) electrons. The first kappa shape index (κ1) is 29.9. The van der Waals surface area contributed by atoms with Crippen LogP contribution in [0.15, 0.2) is 94.6 Å². The van der Waals surface area contributed by atoms with E-state index >= 15 is 4.39 Å². The molecule has 1 saturated heterocycles.